The van der Waals surface area contributed by atoms with Crippen LogP contribution >= 0.6 is 0 Å². The van der Waals surface area contributed by atoms with Crippen LogP contribution in [-0.4, -0.2) is 24.4 Å². The van der Waals surface area contributed by atoms with E-state index in [1.807, 2.05) is 6.92 Å². The van der Waals surface area contributed by atoms with Crippen molar-refractivity contribution < 1.29 is 14.0 Å². The molecule has 21 heavy (non-hydrogen) atoms. The highest BCUT2D eigenvalue weighted by Crippen LogP contribution is 2.22. The number of nitrogens with one attached hydrogen (secondary N) is 3. The summed E-state index contributed by atoms with van der Waals surface area (Å²) in [5, 5.41) is 8.48. The van der Waals surface area contributed by atoms with E-state index in [1.165, 1.54) is 25.1 Å². The third-order valence-corrected chi connectivity index (χ3v) is 3.54. The predicted octanol–water partition coefficient (Wildman–Crippen LogP) is 2.11. The topological polar surface area (TPSA) is 70.2 Å². The maximum Gasteiger partial charge on any atom is 0.227 e. The molecule has 0 radical (unpaired) electrons. The van der Waals surface area contributed by atoms with Gasteiger partial charge in [0, 0.05) is 24.6 Å². The lowest BCUT2D eigenvalue weighted by molar-refractivity contribution is -0.120. The molecule has 0 aromatic heterocycles. The Kier molecular flexibility index (Phi) is 4.90. The van der Waals surface area contributed by atoms with Crippen molar-refractivity contribution in [1.29, 1.82) is 0 Å². The second kappa shape index (κ2) is 6.67. The van der Waals surface area contributed by atoms with E-state index < -0.39 is 5.82 Å². The highest BCUT2D eigenvalue weighted by molar-refractivity contribution is 5.94. The summed E-state index contributed by atoms with van der Waals surface area (Å²) >= 11 is 0. The average Bonchev–Trinajstić information content (AvgIpc) is 2.42. The van der Waals surface area contributed by atoms with Crippen LogP contribution in [0.4, 0.5) is 15.8 Å². The zero-order chi connectivity index (χ0) is 15.4. The van der Waals surface area contributed by atoms with Crippen LogP contribution in [0.3, 0.4) is 0 Å². The highest BCUT2D eigenvalue weighted by atomic mass is 19.1. The van der Waals surface area contributed by atoms with Gasteiger partial charge >= 0.3 is 0 Å². The number of hydrogen-bond acceptors (Lipinski definition) is 3. The molecule has 0 bridgehead atoms. The first-order valence-electron chi connectivity index (χ1n) is 7.07. The minimum Gasteiger partial charge on any atom is -0.326 e. The lowest BCUT2D eigenvalue weighted by Gasteiger charge is -2.27. The monoisotopic (exact) mass is 293 g/mol. The van der Waals surface area contributed by atoms with Gasteiger partial charge in [-0.3, -0.25) is 9.59 Å². The van der Waals surface area contributed by atoms with E-state index >= 15 is 0 Å². The minimum atomic E-state index is -0.529. The molecule has 1 aliphatic heterocycles. The number of hydrogen-bond donors (Lipinski definition) is 3. The van der Waals surface area contributed by atoms with E-state index in [9.17, 15) is 14.0 Å². The van der Waals surface area contributed by atoms with Gasteiger partial charge in [0.1, 0.15) is 5.82 Å². The van der Waals surface area contributed by atoms with Crippen molar-refractivity contribution >= 4 is 23.2 Å². The average molecular weight is 293 g/mol. The molecule has 1 saturated heterocycles. The summed E-state index contributed by atoms with van der Waals surface area (Å²) < 4.78 is 13.5. The number of amides is 2. The molecule has 0 unspecified atom stereocenters. The Hall–Kier alpha value is -1.95. The Morgan fingerprint density at radius 3 is 2.76 bits per heavy atom. The molecule has 2 atom stereocenters. The number of piperidine rings is 1. The number of rotatable bonds is 3. The first-order valence-corrected chi connectivity index (χ1v) is 7.07. The van der Waals surface area contributed by atoms with Gasteiger partial charge in [0.05, 0.1) is 5.69 Å². The Bertz CT molecular complexity index is 548. The molecule has 2 rings (SSSR count). The first kappa shape index (κ1) is 15.4. The Balaban J connectivity index is 2.05. The van der Waals surface area contributed by atoms with Crippen LogP contribution in [0.5, 0.6) is 0 Å². The summed E-state index contributed by atoms with van der Waals surface area (Å²) in [4.78, 5) is 23.2. The molecule has 6 heteroatoms. The second-order valence-corrected chi connectivity index (χ2v) is 5.44. The van der Waals surface area contributed by atoms with E-state index in [2.05, 4.69) is 16.0 Å². The van der Waals surface area contributed by atoms with Crippen LogP contribution in [0.15, 0.2) is 18.2 Å². The minimum absolute atomic E-state index is 0.0458. The molecule has 1 heterocycles. The van der Waals surface area contributed by atoms with Crippen LogP contribution in [0, 0.1) is 11.7 Å². The quantitative estimate of drug-likeness (QED) is 0.799. The van der Waals surface area contributed by atoms with Gasteiger partial charge in [-0.15, -0.1) is 0 Å². The Labute approximate surface area is 123 Å². The van der Waals surface area contributed by atoms with Gasteiger partial charge in [-0.1, -0.05) is 0 Å². The van der Waals surface area contributed by atoms with E-state index in [-0.39, 0.29) is 23.4 Å². The number of anilines is 2. The summed E-state index contributed by atoms with van der Waals surface area (Å²) in [7, 11) is 0. The van der Waals surface area contributed by atoms with Gasteiger partial charge in [-0.25, -0.2) is 4.39 Å². The smallest absolute Gasteiger partial charge is 0.227 e. The Morgan fingerprint density at radius 2 is 2.10 bits per heavy atom. The van der Waals surface area contributed by atoms with Gasteiger partial charge in [-0.05, 0) is 44.5 Å². The standard InChI is InChI=1S/C15H20FN3O2/c1-9-7-11(5-6-17-9)15(21)19-12-3-4-13(16)14(8-12)18-10(2)20/h3-4,8-9,11,17H,5-7H2,1-2H3,(H,18,20)(H,19,21)/t9-,11-/m0/s1. The van der Waals surface area contributed by atoms with Crippen molar-refractivity contribution in [3.8, 4) is 0 Å². The number of benzene rings is 1. The Morgan fingerprint density at radius 1 is 1.33 bits per heavy atom. The molecule has 1 aromatic carbocycles. The number of carbonyl (C=O) groups excluding carboxylic acids is 2. The molecule has 5 nitrogen and oxygen atoms in total. The fourth-order valence-electron chi connectivity index (χ4n) is 2.50. The third kappa shape index (κ3) is 4.26. The van der Waals surface area contributed by atoms with Crippen LogP contribution < -0.4 is 16.0 Å². The van der Waals surface area contributed by atoms with Crippen molar-refractivity contribution in [2.75, 3.05) is 17.2 Å². The first-order chi connectivity index (χ1) is 9.95. The van der Waals surface area contributed by atoms with Crippen molar-refractivity contribution in [3.05, 3.63) is 24.0 Å². The molecule has 1 fully saturated rings. The number of halogens is 1. The maximum atomic E-state index is 13.5. The predicted molar refractivity (Wildman–Crippen MR) is 79.5 cm³/mol. The molecule has 1 aliphatic rings. The van der Waals surface area contributed by atoms with Crippen LogP contribution in [0.25, 0.3) is 0 Å². The lowest BCUT2D eigenvalue weighted by atomic mass is 9.92. The molecular formula is C15H20FN3O2. The maximum absolute atomic E-state index is 13.5. The number of carbonyl (C=O) groups is 2. The molecule has 1 aromatic rings. The summed E-state index contributed by atoms with van der Waals surface area (Å²) in [5.41, 5.74) is 0.551. The summed E-state index contributed by atoms with van der Waals surface area (Å²) in [6.07, 6.45) is 1.57. The van der Waals surface area contributed by atoms with Crippen molar-refractivity contribution in [3.63, 3.8) is 0 Å². The van der Waals surface area contributed by atoms with E-state index in [1.54, 1.807) is 0 Å². The van der Waals surface area contributed by atoms with Gasteiger partial charge in [0.15, 0.2) is 0 Å². The molecule has 0 spiro atoms. The zero-order valence-electron chi connectivity index (χ0n) is 12.2. The van der Waals surface area contributed by atoms with E-state index in [0.717, 1.165) is 19.4 Å². The van der Waals surface area contributed by atoms with E-state index in [0.29, 0.717) is 11.7 Å². The lowest BCUT2D eigenvalue weighted by Crippen LogP contribution is -2.40. The normalized spacial score (nSPS) is 21.7. The van der Waals surface area contributed by atoms with Crippen LogP contribution in [-0.2, 0) is 9.59 Å². The van der Waals surface area contributed by atoms with Crippen molar-refractivity contribution in [2.45, 2.75) is 32.7 Å². The zero-order valence-corrected chi connectivity index (χ0v) is 12.2. The molecular weight excluding hydrogens is 273 g/mol. The van der Waals surface area contributed by atoms with Gasteiger partial charge in [0.25, 0.3) is 0 Å². The second-order valence-electron chi connectivity index (χ2n) is 5.44. The fourth-order valence-corrected chi connectivity index (χ4v) is 2.50. The highest BCUT2D eigenvalue weighted by Gasteiger charge is 2.24. The molecule has 2 amide bonds. The molecule has 3 N–H and O–H groups in total. The SMILES string of the molecule is CC(=O)Nc1cc(NC(=O)[C@H]2CCN[C@@H](C)C2)ccc1F. The van der Waals surface area contributed by atoms with E-state index in [4.69, 9.17) is 0 Å². The molecule has 0 saturated carbocycles. The summed E-state index contributed by atoms with van der Waals surface area (Å²) in [6, 6.07) is 4.46. The van der Waals surface area contributed by atoms with Crippen LogP contribution in [0.2, 0.25) is 0 Å². The van der Waals surface area contributed by atoms with Crippen LogP contribution in [0.1, 0.15) is 26.7 Å². The van der Waals surface area contributed by atoms with Gasteiger partial charge in [0.2, 0.25) is 11.8 Å². The summed E-state index contributed by atoms with van der Waals surface area (Å²) in [6.45, 7) is 4.17. The molecule has 0 aliphatic carbocycles. The van der Waals surface area contributed by atoms with Gasteiger partial charge in [-0.2, -0.15) is 0 Å². The fraction of sp³-hybridized carbons (Fsp3) is 0.467. The third-order valence-electron chi connectivity index (χ3n) is 3.54. The van der Waals surface area contributed by atoms with Gasteiger partial charge < -0.3 is 16.0 Å². The van der Waals surface area contributed by atoms with Crippen molar-refractivity contribution in [1.82, 2.24) is 5.32 Å². The molecule has 114 valence electrons. The van der Waals surface area contributed by atoms with Crippen molar-refractivity contribution in [2.24, 2.45) is 5.92 Å². The largest absolute Gasteiger partial charge is 0.326 e. The summed E-state index contributed by atoms with van der Waals surface area (Å²) in [5.74, 6) is -0.998.